The predicted molar refractivity (Wildman–Crippen MR) is 69.1 cm³/mol. The summed E-state index contributed by atoms with van der Waals surface area (Å²) in [6.07, 6.45) is 8.08. The summed E-state index contributed by atoms with van der Waals surface area (Å²) >= 11 is 0. The zero-order valence-corrected chi connectivity index (χ0v) is 10.4. The normalized spacial score (nSPS) is 24.5. The Labute approximate surface area is 102 Å². The molecule has 0 aromatic carbocycles. The number of nitrogens with zero attached hydrogens (tertiary/aromatic N) is 1. The molecule has 2 unspecified atom stereocenters. The molecule has 1 saturated carbocycles. The van der Waals surface area contributed by atoms with Gasteiger partial charge in [0.15, 0.2) is 0 Å². The molecular formula is C13H21N3O. The van der Waals surface area contributed by atoms with Crippen molar-refractivity contribution < 1.29 is 0 Å². The van der Waals surface area contributed by atoms with Gasteiger partial charge in [-0.3, -0.25) is 4.79 Å². The van der Waals surface area contributed by atoms with E-state index in [1.54, 1.807) is 0 Å². The molecule has 4 heteroatoms. The fourth-order valence-corrected chi connectivity index (χ4v) is 2.69. The molecule has 94 valence electrons. The SMILES string of the molecule is CC1CCCC(CCNc2cc(=O)[nH]cn2)C1. The first kappa shape index (κ1) is 12.1. The molecule has 1 fully saturated rings. The van der Waals surface area contributed by atoms with Crippen molar-refractivity contribution >= 4 is 5.82 Å². The average Bonchev–Trinajstić information content (AvgIpc) is 2.29. The van der Waals surface area contributed by atoms with Gasteiger partial charge in [0.25, 0.3) is 5.56 Å². The lowest BCUT2D eigenvalue weighted by atomic mass is 9.81. The van der Waals surface area contributed by atoms with E-state index in [-0.39, 0.29) is 5.56 Å². The van der Waals surface area contributed by atoms with E-state index in [9.17, 15) is 4.79 Å². The van der Waals surface area contributed by atoms with Crippen LogP contribution in [0, 0.1) is 11.8 Å². The minimum Gasteiger partial charge on any atom is -0.370 e. The maximum atomic E-state index is 11.1. The topological polar surface area (TPSA) is 57.8 Å². The molecule has 0 bridgehead atoms. The fraction of sp³-hybridized carbons (Fsp3) is 0.692. The van der Waals surface area contributed by atoms with Gasteiger partial charge in [-0.15, -0.1) is 0 Å². The molecule has 1 heterocycles. The van der Waals surface area contributed by atoms with Crippen LogP contribution in [-0.4, -0.2) is 16.5 Å². The lowest BCUT2D eigenvalue weighted by molar-refractivity contribution is 0.274. The summed E-state index contributed by atoms with van der Waals surface area (Å²) in [6.45, 7) is 3.26. The quantitative estimate of drug-likeness (QED) is 0.842. The van der Waals surface area contributed by atoms with E-state index < -0.39 is 0 Å². The van der Waals surface area contributed by atoms with Gasteiger partial charge in [-0.2, -0.15) is 0 Å². The number of rotatable bonds is 4. The van der Waals surface area contributed by atoms with Crippen LogP contribution in [0.3, 0.4) is 0 Å². The zero-order chi connectivity index (χ0) is 12.1. The molecule has 0 amide bonds. The molecule has 17 heavy (non-hydrogen) atoms. The molecule has 2 rings (SSSR count). The highest BCUT2D eigenvalue weighted by Gasteiger charge is 2.18. The molecule has 2 atom stereocenters. The third kappa shape index (κ3) is 3.88. The van der Waals surface area contributed by atoms with Crippen molar-refractivity contribution in [1.82, 2.24) is 9.97 Å². The second-order valence-electron chi connectivity index (χ2n) is 5.15. The van der Waals surface area contributed by atoms with Gasteiger partial charge in [0.05, 0.1) is 6.33 Å². The standard InChI is InChI=1S/C13H21N3O/c1-10-3-2-4-11(7-10)5-6-14-12-8-13(17)16-9-15-12/h8-11H,2-7H2,1H3,(H2,14,15,16,17). The van der Waals surface area contributed by atoms with Crippen LogP contribution in [0.4, 0.5) is 5.82 Å². The van der Waals surface area contributed by atoms with Crippen LogP contribution in [0.25, 0.3) is 0 Å². The van der Waals surface area contributed by atoms with E-state index in [1.807, 2.05) is 0 Å². The maximum absolute atomic E-state index is 11.1. The monoisotopic (exact) mass is 235 g/mol. The van der Waals surface area contributed by atoms with Gasteiger partial charge < -0.3 is 10.3 Å². The molecule has 1 aromatic heterocycles. The molecule has 0 saturated heterocycles. The Morgan fingerprint density at radius 1 is 1.53 bits per heavy atom. The van der Waals surface area contributed by atoms with Crippen LogP contribution < -0.4 is 10.9 Å². The average molecular weight is 235 g/mol. The van der Waals surface area contributed by atoms with Gasteiger partial charge in [0.2, 0.25) is 0 Å². The first-order valence-corrected chi connectivity index (χ1v) is 6.52. The van der Waals surface area contributed by atoms with Crippen LogP contribution in [0.15, 0.2) is 17.2 Å². The van der Waals surface area contributed by atoms with E-state index >= 15 is 0 Å². The Kier molecular flexibility index (Phi) is 4.18. The van der Waals surface area contributed by atoms with E-state index in [0.717, 1.165) is 18.4 Å². The lowest BCUT2D eigenvalue weighted by Gasteiger charge is -2.26. The predicted octanol–water partition coefficient (Wildman–Crippen LogP) is 2.40. The number of anilines is 1. The number of hydrogen-bond acceptors (Lipinski definition) is 3. The van der Waals surface area contributed by atoms with Crippen molar-refractivity contribution in [2.45, 2.75) is 39.0 Å². The second-order valence-corrected chi connectivity index (χ2v) is 5.15. The van der Waals surface area contributed by atoms with Crippen molar-refractivity contribution in [3.8, 4) is 0 Å². The molecule has 0 radical (unpaired) electrons. The Morgan fingerprint density at radius 3 is 3.18 bits per heavy atom. The minimum absolute atomic E-state index is 0.103. The minimum atomic E-state index is -0.103. The molecule has 1 aliphatic carbocycles. The van der Waals surface area contributed by atoms with Gasteiger partial charge in [-0.05, 0) is 24.7 Å². The van der Waals surface area contributed by atoms with Crippen LogP contribution >= 0.6 is 0 Å². The number of nitrogens with one attached hydrogen (secondary N) is 2. The molecule has 1 aromatic rings. The van der Waals surface area contributed by atoms with Crippen molar-refractivity contribution in [2.75, 3.05) is 11.9 Å². The molecule has 1 aliphatic rings. The van der Waals surface area contributed by atoms with Gasteiger partial charge in [-0.1, -0.05) is 26.2 Å². The highest BCUT2D eigenvalue weighted by Crippen LogP contribution is 2.30. The van der Waals surface area contributed by atoms with Gasteiger partial charge >= 0.3 is 0 Å². The van der Waals surface area contributed by atoms with Crippen LogP contribution in [0.1, 0.15) is 39.0 Å². The Bertz CT molecular complexity index is 402. The van der Waals surface area contributed by atoms with Crippen molar-refractivity contribution in [1.29, 1.82) is 0 Å². The number of H-pyrrole nitrogens is 1. The van der Waals surface area contributed by atoms with Gasteiger partial charge in [0, 0.05) is 12.6 Å². The van der Waals surface area contributed by atoms with E-state index in [2.05, 4.69) is 22.2 Å². The van der Waals surface area contributed by atoms with Crippen molar-refractivity contribution in [2.24, 2.45) is 11.8 Å². The number of aromatic nitrogens is 2. The summed E-state index contributed by atoms with van der Waals surface area (Å²) in [4.78, 5) is 17.6. The van der Waals surface area contributed by atoms with Crippen LogP contribution in [0.5, 0.6) is 0 Å². The molecule has 0 aliphatic heterocycles. The first-order chi connectivity index (χ1) is 8.24. The van der Waals surface area contributed by atoms with E-state index in [4.69, 9.17) is 0 Å². The summed E-state index contributed by atoms with van der Waals surface area (Å²) in [5.41, 5.74) is -0.103. The highest BCUT2D eigenvalue weighted by atomic mass is 16.1. The molecule has 4 nitrogen and oxygen atoms in total. The third-order valence-corrected chi connectivity index (χ3v) is 3.58. The van der Waals surface area contributed by atoms with Crippen LogP contribution in [0.2, 0.25) is 0 Å². The zero-order valence-electron chi connectivity index (χ0n) is 10.4. The fourth-order valence-electron chi connectivity index (χ4n) is 2.69. The Hall–Kier alpha value is -1.32. The summed E-state index contributed by atoms with van der Waals surface area (Å²) in [5.74, 6) is 2.40. The Balaban J connectivity index is 1.74. The number of hydrogen-bond donors (Lipinski definition) is 2. The molecule has 0 spiro atoms. The Morgan fingerprint density at radius 2 is 2.41 bits per heavy atom. The lowest BCUT2D eigenvalue weighted by Crippen LogP contribution is -2.17. The second kappa shape index (κ2) is 5.84. The first-order valence-electron chi connectivity index (χ1n) is 6.52. The molecular weight excluding hydrogens is 214 g/mol. The summed E-state index contributed by atoms with van der Waals surface area (Å²) < 4.78 is 0. The maximum Gasteiger partial charge on any atom is 0.252 e. The van der Waals surface area contributed by atoms with E-state index in [1.165, 1.54) is 44.5 Å². The van der Waals surface area contributed by atoms with Crippen molar-refractivity contribution in [3.63, 3.8) is 0 Å². The third-order valence-electron chi connectivity index (χ3n) is 3.58. The summed E-state index contributed by atoms with van der Waals surface area (Å²) in [7, 11) is 0. The van der Waals surface area contributed by atoms with E-state index in [0.29, 0.717) is 5.82 Å². The number of aromatic amines is 1. The summed E-state index contributed by atoms with van der Waals surface area (Å²) in [5, 5.41) is 3.22. The van der Waals surface area contributed by atoms with Crippen LogP contribution in [-0.2, 0) is 0 Å². The van der Waals surface area contributed by atoms with Gasteiger partial charge in [0.1, 0.15) is 5.82 Å². The molecule has 2 N–H and O–H groups in total. The van der Waals surface area contributed by atoms with Crippen molar-refractivity contribution in [3.05, 3.63) is 22.7 Å². The van der Waals surface area contributed by atoms with Gasteiger partial charge in [-0.25, -0.2) is 4.98 Å². The largest absolute Gasteiger partial charge is 0.370 e. The highest BCUT2D eigenvalue weighted by molar-refractivity contribution is 5.31. The smallest absolute Gasteiger partial charge is 0.252 e. The summed E-state index contributed by atoms with van der Waals surface area (Å²) in [6, 6.07) is 1.50.